The summed E-state index contributed by atoms with van der Waals surface area (Å²) >= 11 is 6.29. The van der Waals surface area contributed by atoms with E-state index in [1.807, 2.05) is 37.5 Å². The van der Waals surface area contributed by atoms with Gasteiger partial charge in [-0.3, -0.25) is 0 Å². The third-order valence-corrected chi connectivity index (χ3v) is 4.23. The summed E-state index contributed by atoms with van der Waals surface area (Å²) < 4.78 is 13.2. The number of fused-ring (bicyclic) bond motifs is 1. The van der Waals surface area contributed by atoms with E-state index >= 15 is 0 Å². The normalized spacial score (nSPS) is 18.3. The fourth-order valence-corrected chi connectivity index (χ4v) is 3.19. The first kappa shape index (κ1) is 18.0. The molecular weight excluding hydrogens is 342 g/mol. The summed E-state index contributed by atoms with van der Waals surface area (Å²) in [6.45, 7) is 6.55. The number of carbonyl (C=O) groups excluding carboxylic acids is 1. The molecule has 1 aromatic carbocycles. The van der Waals surface area contributed by atoms with Crippen molar-refractivity contribution in [2.45, 2.75) is 58.4 Å². The lowest BCUT2D eigenvalue weighted by Gasteiger charge is -2.24. The van der Waals surface area contributed by atoms with Crippen LogP contribution in [-0.4, -0.2) is 27.9 Å². The number of imidazole rings is 1. The molecule has 0 spiro atoms. The minimum Gasteiger partial charge on any atom is -0.444 e. The number of aromatic nitrogens is 2. The predicted molar refractivity (Wildman–Crippen MR) is 96.7 cm³/mol. The molecule has 0 radical (unpaired) electrons. The topological polar surface area (TPSA) is 65.4 Å². The number of amides is 1. The molecule has 1 N–H and O–H groups in total. The van der Waals surface area contributed by atoms with Crippen molar-refractivity contribution >= 4 is 28.7 Å². The number of nitrogens with zero attached hydrogens (tertiary/aromatic N) is 2. The molecule has 1 aromatic heterocycles. The van der Waals surface area contributed by atoms with Gasteiger partial charge >= 0.3 is 6.09 Å². The molecule has 1 fully saturated rings. The van der Waals surface area contributed by atoms with Crippen LogP contribution in [0.4, 0.5) is 4.79 Å². The third-order valence-electron chi connectivity index (χ3n) is 4.01. The van der Waals surface area contributed by atoms with Crippen LogP contribution >= 0.6 is 11.6 Å². The van der Waals surface area contributed by atoms with Crippen molar-refractivity contribution in [2.24, 2.45) is 0 Å². The fraction of sp³-hybridized carbons (Fsp3) is 0.556. The van der Waals surface area contributed by atoms with E-state index in [1.54, 1.807) is 6.33 Å². The highest BCUT2D eigenvalue weighted by molar-refractivity contribution is 6.31. The molecule has 1 saturated heterocycles. The van der Waals surface area contributed by atoms with Crippen molar-refractivity contribution in [1.82, 2.24) is 14.9 Å². The molecule has 6 nitrogen and oxygen atoms in total. The number of rotatable bonds is 3. The number of alkyl carbamates (subject to hydrolysis) is 1. The second-order valence-electron chi connectivity index (χ2n) is 7.26. The monoisotopic (exact) mass is 365 g/mol. The molecule has 1 atom stereocenters. The van der Waals surface area contributed by atoms with Crippen LogP contribution in [0.5, 0.6) is 0 Å². The van der Waals surface area contributed by atoms with E-state index in [4.69, 9.17) is 21.1 Å². The fourth-order valence-electron chi connectivity index (χ4n) is 2.96. The van der Waals surface area contributed by atoms with Gasteiger partial charge in [0.25, 0.3) is 0 Å². The second kappa shape index (κ2) is 7.22. The van der Waals surface area contributed by atoms with Gasteiger partial charge in [0.2, 0.25) is 0 Å². The van der Waals surface area contributed by atoms with E-state index in [0.29, 0.717) is 11.6 Å². The van der Waals surface area contributed by atoms with Crippen molar-refractivity contribution in [3.05, 3.63) is 29.0 Å². The highest BCUT2D eigenvalue weighted by Gasteiger charge is 2.20. The predicted octanol–water partition coefficient (Wildman–Crippen LogP) is 4.41. The molecule has 1 aliphatic heterocycles. The summed E-state index contributed by atoms with van der Waals surface area (Å²) in [6, 6.07) is 3.71. The first-order valence-corrected chi connectivity index (χ1v) is 8.95. The number of halogens is 1. The van der Waals surface area contributed by atoms with Crippen LogP contribution in [0.2, 0.25) is 5.02 Å². The van der Waals surface area contributed by atoms with Gasteiger partial charge in [-0.15, -0.1) is 0 Å². The largest absolute Gasteiger partial charge is 0.444 e. The number of hydrogen-bond donors (Lipinski definition) is 1. The van der Waals surface area contributed by atoms with Crippen molar-refractivity contribution in [3.8, 4) is 0 Å². The van der Waals surface area contributed by atoms with Crippen molar-refractivity contribution in [1.29, 1.82) is 0 Å². The number of benzene rings is 1. The van der Waals surface area contributed by atoms with Gasteiger partial charge in [-0.25, -0.2) is 9.78 Å². The Balaban J connectivity index is 1.81. The van der Waals surface area contributed by atoms with Gasteiger partial charge in [0.1, 0.15) is 11.8 Å². The summed E-state index contributed by atoms with van der Waals surface area (Å²) in [6.07, 6.45) is 4.50. The first-order chi connectivity index (χ1) is 11.8. The van der Waals surface area contributed by atoms with Crippen LogP contribution in [0.25, 0.3) is 11.0 Å². The Bertz CT molecular complexity index is 761. The average molecular weight is 366 g/mol. The first-order valence-electron chi connectivity index (χ1n) is 8.57. The lowest BCUT2D eigenvalue weighted by atomic mass is 10.1. The average Bonchev–Trinajstić information content (AvgIpc) is 2.95. The van der Waals surface area contributed by atoms with Crippen LogP contribution in [0, 0.1) is 0 Å². The SMILES string of the molecule is CC(C)(C)OC(=O)NCc1cc(Cl)cc2c1ncn2C1CCCCO1. The minimum atomic E-state index is -0.534. The van der Waals surface area contributed by atoms with Crippen LogP contribution in [0.1, 0.15) is 51.8 Å². The van der Waals surface area contributed by atoms with E-state index in [2.05, 4.69) is 10.3 Å². The number of carbonyl (C=O) groups is 1. The summed E-state index contributed by atoms with van der Waals surface area (Å²) in [5.41, 5.74) is 2.05. The molecule has 1 amide bonds. The van der Waals surface area contributed by atoms with E-state index in [0.717, 1.165) is 42.5 Å². The molecule has 2 aromatic rings. The highest BCUT2D eigenvalue weighted by Crippen LogP contribution is 2.29. The zero-order valence-corrected chi connectivity index (χ0v) is 15.6. The quantitative estimate of drug-likeness (QED) is 0.874. The highest BCUT2D eigenvalue weighted by atomic mass is 35.5. The van der Waals surface area contributed by atoms with Gasteiger partial charge in [-0.2, -0.15) is 0 Å². The second-order valence-corrected chi connectivity index (χ2v) is 7.70. The molecule has 136 valence electrons. The van der Waals surface area contributed by atoms with E-state index in [1.165, 1.54) is 0 Å². The summed E-state index contributed by atoms with van der Waals surface area (Å²) in [7, 11) is 0. The molecule has 0 saturated carbocycles. The van der Waals surface area contributed by atoms with Crippen molar-refractivity contribution in [2.75, 3.05) is 6.61 Å². The Morgan fingerprint density at radius 2 is 2.24 bits per heavy atom. The van der Waals surface area contributed by atoms with E-state index in [-0.39, 0.29) is 6.23 Å². The van der Waals surface area contributed by atoms with Crippen LogP contribution in [-0.2, 0) is 16.0 Å². The Labute approximate surface area is 152 Å². The molecule has 25 heavy (non-hydrogen) atoms. The maximum Gasteiger partial charge on any atom is 0.407 e. The van der Waals surface area contributed by atoms with Crippen LogP contribution in [0.3, 0.4) is 0 Å². The molecule has 0 aliphatic carbocycles. The standard InChI is InChI=1S/C18H24ClN3O3/c1-18(2,3)25-17(23)20-10-12-8-13(19)9-14-16(12)21-11-22(14)15-6-4-5-7-24-15/h8-9,11,15H,4-7,10H2,1-3H3,(H,20,23). The molecule has 7 heteroatoms. The third kappa shape index (κ3) is 4.44. The summed E-state index contributed by atoms with van der Waals surface area (Å²) in [5, 5.41) is 3.37. The van der Waals surface area contributed by atoms with Crippen molar-refractivity contribution < 1.29 is 14.3 Å². The van der Waals surface area contributed by atoms with E-state index in [9.17, 15) is 4.79 Å². The number of hydrogen-bond acceptors (Lipinski definition) is 4. The van der Waals surface area contributed by atoms with Gasteiger partial charge < -0.3 is 19.4 Å². The smallest absolute Gasteiger partial charge is 0.407 e. The van der Waals surface area contributed by atoms with Gasteiger partial charge in [0.05, 0.1) is 17.4 Å². The lowest BCUT2D eigenvalue weighted by Crippen LogP contribution is -2.32. The molecular formula is C18H24ClN3O3. The maximum absolute atomic E-state index is 11.9. The summed E-state index contributed by atoms with van der Waals surface area (Å²) in [5.74, 6) is 0. The van der Waals surface area contributed by atoms with E-state index < -0.39 is 11.7 Å². The van der Waals surface area contributed by atoms with Gasteiger partial charge in [-0.1, -0.05) is 11.6 Å². The molecule has 3 rings (SSSR count). The van der Waals surface area contributed by atoms with Gasteiger partial charge in [-0.05, 0) is 52.2 Å². The maximum atomic E-state index is 11.9. The molecule has 0 bridgehead atoms. The summed E-state index contributed by atoms with van der Waals surface area (Å²) in [4.78, 5) is 16.4. The Kier molecular flexibility index (Phi) is 5.20. The Hall–Kier alpha value is -1.79. The van der Waals surface area contributed by atoms with Gasteiger partial charge in [0, 0.05) is 23.7 Å². The molecule has 1 unspecified atom stereocenters. The van der Waals surface area contributed by atoms with Crippen LogP contribution in [0.15, 0.2) is 18.5 Å². The zero-order chi connectivity index (χ0) is 18.0. The molecule has 1 aliphatic rings. The van der Waals surface area contributed by atoms with Crippen molar-refractivity contribution in [3.63, 3.8) is 0 Å². The van der Waals surface area contributed by atoms with Gasteiger partial charge in [0.15, 0.2) is 0 Å². The lowest BCUT2D eigenvalue weighted by molar-refractivity contribution is -0.0295. The minimum absolute atomic E-state index is 0.0103. The number of nitrogens with one attached hydrogen (secondary N) is 1. The Morgan fingerprint density at radius 1 is 1.44 bits per heavy atom. The number of ether oxygens (including phenoxy) is 2. The van der Waals surface area contributed by atoms with Crippen LogP contribution < -0.4 is 5.32 Å². The Morgan fingerprint density at radius 3 is 2.92 bits per heavy atom. The zero-order valence-electron chi connectivity index (χ0n) is 14.8. The molecule has 2 heterocycles.